The van der Waals surface area contributed by atoms with Crippen LogP contribution in [0.4, 0.5) is 0 Å². The van der Waals surface area contributed by atoms with Gasteiger partial charge in [0.1, 0.15) is 0 Å². The quantitative estimate of drug-likeness (QED) is 0.687. The summed E-state index contributed by atoms with van der Waals surface area (Å²) in [6.45, 7) is 12.3. The Morgan fingerprint density at radius 2 is 1.67 bits per heavy atom. The molecule has 0 aliphatic rings. The summed E-state index contributed by atoms with van der Waals surface area (Å²) >= 11 is 0. The van der Waals surface area contributed by atoms with Gasteiger partial charge in [0.25, 0.3) is 0 Å². The molecule has 2 unspecified atom stereocenters. The third kappa shape index (κ3) is 4.23. The lowest BCUT2D eigenvalue weighted by Gasteiger charge is -2.34. The summed E-state index contributed by atoms with van der Waals surface area (Å²) in [5.74, 6) is 0. The monoisotopic (exact) mass is 190 g/mol. The zero-order valence-corrected chi connectivity index (χ0v) is 10.2. The summed E-state index contributed by atoms with van der Waals surface area (Å²) in [5.41, 5.74) is 0.0332. The first-order valence-electron chi connectivity index (χ1n) is 4.58. The fourth-order valence-electron chi connectivity index (χ4n) is 1.33. The zero-order chi connectivity index (χ0) is 9.94. The maximum Gasteiger partial charge on any atom is 0.171 e. The van der Waals surface area contributed by atoms with Crippen molar-refractivity contribution in [3.05, 3.63) is 0 Å². The highest BCUT2D eigenvalue weighted by molar-refractivity contribution is 6.48. The van der Waals surface area contributed by atoms with E-state index in [0.29, 0.717) is 0 Å². The van der Waals surface area contributed by atoms with Crippen molar-refractivity contribution in [3.8, 4) is 0 Å². The molecule has 0 amide bonds. The number of hydrogen-bond acceptors (Lipinski definition) is 2. The van der Waals surface area contributed by atoms with Crippen LogP contribution in [0.2, 0.25) is 13.1 Å². The number of rotatable bonds is 3. The van der Waals surface area contributed by atoms with Gasteiger partial charge in [-0.3, -0.25) is 0 Å². The Morgan fingerprint density at radius 1 is 1.25 bits per heavy atom. The molecule has 0 heterocycles. The Bertz CT molecular complexity index is 127. The largest absolute Gasteiger partial charge is 0.415 e. The molecule has 12 heavy (non-hydrogen) atoms. The topological polar surface area (TPSA) is 29.5 Å². The van der Waals surface area contributed by atoms with E-state index in [2.05, 4.69) is 33.9 Å². The van der Waals surface area contributed by atoms with E-state index in [9.17, 15) is 5.11 Å². The lowest BCUT2D eigenvalue weighted by Crippen LogP contribution is -2.41. The molecule has 2 atom stereocenters. The minimum absolute atomic E-state index is 0.0239. The van der Waals surface area contributed by atoms with Gasteiger partial charge in [0, 0.05) is 0 Å². The third-order valence-corrected chi connectivity index (χ3v) is 2.55. The van der Waals surface area contributed by atoms with Crippen molar-refractivity contribution < 1.29 is 9.53 Å². The van der Waals surface area contributed by atoms with Crippen LogP contribution >= 0.6 is 0 Å². The third-order valence-electron chi connectivity index (χ3n) is 1.71. The molecule has 0 aromatic heterocycles. The van der Waals surface area contributed by atoms with Gasteiger partial charge in [-0.15, -0.1) is 0 Å². The molecule has 3 heteroatoms. The molecule has 1 N–H and O–H groups in total. The SMILES string of the molecule is CC(O)C(O[SiH](C)C)C(C)(C)C. The molecular formula is C9H22O2Si. The second-order valence-corrected chi connectivity index (χ2v) is 7.08. The number of aliphatic hydroxyl groups is 1. The van der Waals surface area contributed by atoms with E-state index in [1.165, 1.54) is 0 Å². The van der Waals surface area contributed by atoms with E-state index in [0.717, 1.165) is 0 Å². The summed E-state index contributed by atoms with van der Waals surface area (Å²) < 4.78 is 5.77. The Kier molecular flexibility index (Phi) is 4.44. The molecule has 0 aromatic carbocycles. The van der Waals surface area contributed by atoms with Crippen LogP contribution in [0.25, 0.3) is 0 Å². The molecule has 0 saturated carbocycles. The van der Waals surface area contributed by atoms with Crippen LogP contribution in [0.15, 0.2) is 0 Å². The van der Waals surface area contributed by atoms with Gasteiger partial charge >= 0.3 is 0 Å². The summed E-state index contributed by atoms with van der Waals surface area (Å²) in [7, 11) is -1.04. The first-order valence-corrected chi connectivity index (χ1v) is 7.36. The van der Waals surface area contributed by atoms with Crippen molar-refractivity contribution in [1.29, 1.82) is 0 Å². The first kappa shape index (κ1) is 12.1. The zero-order valence-electron chi connectivity index (χ0n) is 9.09. The van der Waals surface area contributed by atoms with Crippen LogP contribution in [-0.4, -0.2) is 26.4 Å². The molecule has 0 radical (unpaired) electrons. The molecule has 0 aliphatic heterocycles. The van der Waals surface area contributed by atoms with Crippen LogP contribution < -0.4 is 0 Å². The summed E-state index contributed by atoms with van der Waals surface area (Å²) in [6.07, 6.45) is -0.399. The molecule has 2 nitrogen and oxygen atoms in total. The van der Waals surface area contributed by atoms with Gasteiger partial charge in [-0.2, -0.15) is 0 Å². The van der Waals surface area contributed by atoms with Gasteiger partial charge in [0.2, 0.25) is 0 Å². The van der Waals surface area contributed by atoms with E-state index in [4.69, 9.17) is 4.43 Å². The van der Waals surface area contributed by atoms with Gasteiger partial charge < -0.3 is 9.53 Å². The van der Waals surface area contributed by atoms with Gasteiger partial charge in [-0.1, -0.05) is 20.8 Å². The molecule has 74 valence electrons. The number of aliphatic hydroxyl groups excluding tert-OH is 1. The minimum Gasteiger partial charge on any atom is -0.415 e. The smallest absolute Gasteiger partial charge is 0.171 e. The lowest BCUT2D eigenvalue weighted by atomic mass is 9.86. The molecule has 0 fully saturated rings. The molecular weight excluding hydrogens is 168 g/mol. The molecule has 0 spiro atoms. The van der Waals surface area contributed by atoms with E-state index in [1.807, 2.05) is 0 Å². The van der Waals surface area contributed by atoms with Crippen molar-refractivity contribution in [1.82, 2.24) is 0 Å². The Balaban J connectivity index is 4.25. The van der Waals surface area contributed by atoms with Crippen molar-refractivity contribution in [2.45, 2.75) is 53.0 Å². The molecule has 0 bridgehead atoms. The Hall–Kier alpha value is 0.137. The van der Waals surface area contributed by atoms with Crippen molar-refractivity contribution >= 4 is 9.04 Å². The van der Waals surface area contributed by atoms with Crippen molar-refractivity contribution in [3.63, 3.8) is 0 Å². The normalized spacial score (nSPS) is 18.0. The van der Waals surface area contributed by atoms with Gasteiger partial charge in [-0.05, 0) is 25.4 Å². The maximum absolute atomic E-state index is 9.49. The van der Waals surface area contributed by atoms with Crippen molar-refractivity contribution in [2.75, 3.05) is 0 Å². The summed E-state index contributed by atoms with van der Waals surface area (Å²) in [4.78, 5) is 0. The molecule has 0 aromatic rings. The van der Waals surface area contributed by atoms with Crippen LogP contribution in [0.1, 0.15) is 27.7 Å². The van der Waals surface area contributed by atoms with Gasteiger partial charge in [0.15, 0.2) is 9.04 Å². The van der Waals surface area contributed by atoms with Gasteiger partial charge in [-0.25, -0.2) is 0 Å². The number of hydrogen-bond donors (Lipinski definition) is 1. The van der Waals surface area contributed by atoms with Crippen LogP contribution in [0, 0.1) is 5.41 Å². The predicted octanol–water partition coefficient (Wildman–Crippen LogP) is 1.78. The maximum atomic E-state index is 9.49. The standard InChI is InChI=1S/C9H22O2Si/c1-7(10)8(9(2,3)4)11-12(5)6/h7-8,10,12H,1-6H3. The second kappa shape index (κ2) is 4.39. The fraction of sp³-hybridized carbons (Fsp3) is 1.00. The highest BCUT2D eigenvalue weighted by Crippen LogP contribution is 2.25. The van der Waals surface area contributed by atoms with E-state index in [-0.39, 0.29) is 17.6 Å². The average molecular weight is 190 g/mol. The Morgan fingerprint density at radius 3 is 1.75 bits per heavy atom. The highest BCUT2D eigenvalue weighted by Gasteiger charge is 2.29. The Labute approximate surface area is 77.7 Å². The van der Waals surface area contributed by atoms with Crippen LogP contribution in [0.3, 0.4) is 0 Å². The predicted molar refractivity (Wildman–Crippen MR) is 54.9 cm³/mol. The van der Waals surface area contributed by atoms with E-state index < -0.39 is 9.04 Å². The van der Waals surface area contributed by atoms with Crippen molar-refractivity contribution in [2.24, 2.45) is 5.41 Å². The molecule has 0 saturated heterocycles. The van der Waals surface area contributed by atoms with E-state index in [1.54, 1.807) is 6.92 Å². The minimum atomic E-state index is -1.04. The van der Waals surface area contributed by atoms with Crippen LogP contribution in [-0.2, 0) is 4.43 Å². The van der Waals surface area contributed by atoms with Crippen LogP contribution in [0.5, 0.6) is 0 Å². The lowest BCUT2D eigenvalue weighted by molar-refractivity contribution is -0.0187. The van der Waals surface area contributed by atoms with E-state index >= 15 is 0 Å². The summed E-state index contributed by atoms with van der Waals surface area (Å²) in [6, 6.07) is 0. The molecule has 0 aliphatic carbocycles. The second-order valence-electron chi connectivity index (χ2n) is 4.71. The molecule has 0 rings (SSSR count). The summed E-state index contributed by atoms with van der Waals surface area (Å²) in [5, 5.41) is 9.49. The first-order chi connectivity index (χ1) is 5.25. The average Bonchev–Trinajstić information content (AvgIpc) is 1.79. The highest BCUT2D eigenvalue weighted by atomic mass is 28.3. The fourth-order valence-corrected chi connectivity index (χ4v) is 2.56. The van der Waals surface area contributed by atoms with Gasteiger partial charge in [0.05, 0.1) is 12.2 Å².